The highest BCUT2D eigenvalue weighted by Gasteiger charge is 2.25. The Morgan fingerprint density at radius 2 is 1.67 bits per heavy atom. The van der Waals surface area contributed by atoms with E-state index in [1.807, 2.05) is 0 Å². The van der Waals surface area contributed by atoms with Crippen LogP contribution in [0.15, 0.2) is 53.9 Å². The number of carbonyl (C=O) groups is 4. The van der Waals surface area contributed by atoms with Crippen molar-refractivity contribution in [3.63, 3.8) is 0 Å². The molecule has 0 fully saturated rings. The standard InChI is InChI=1S/C26H27N3O6S/c1-15-10-18(23(31)27-13-17-6-4-7-19(30)12-17)11-16(2)22(15)25(33)29-20(26(34)35-3)14-28-24(32)21-8-5-9-36-21/h4-12,20,30H,13-14H2,1-3H3,(H,27,31)(H,28,32)(H,29,33). The molecule has 3 amide bonds. The van der Waals surface area contributed by atoms with Crippen LogP contribution in [0.5, 0.6) is 5.75 Å². The van der Waals surface area contributed by atoms with Gasteiger partial charge < -0.3 is 25.8 Å². The van der Waals surface area contributed by atoms with Crippen molar-refractivity contribution in [2.24, 2.45) is 0 Å². The molecule has 0 aliphatic rings. The second-order valence-corrected chi connectivity index (χ2v) is 9.02. The number of thiophene rings is 1. The summed E-state index contributed by atoms with van der Waals surface area (Å²) in [5.41, 5.74) is 2.52. The first kappa shape index (κ1) is 26.4. The van der Waals surface area contributed by atoms with Gasteiger partial charge in [0.25, 0.3) is 17.7 Å². The van der Waals surface area contributed by atoms with Crippen LogP contribution >= 0.6 is 11.3 Å². The fraction of sp³-hybridized carbons (Fsp3) is 0.231. The molecule has 0 aliphatic carbocycles. The normalized spacial score (nSPS) is 11.3. The van der Waals surface area contributed by atoms with E-state index in [1.165, 1.54) is 18.4 Å². The molecular formula is C26H27N3O6S. The smallest absolute Gasteiger partial charge is 0.330 e. The van der Waals surface area contributed by atoms with Gasteiger partial charge in [-0.15, -0.1) is 11.3 Å². The van der Waals surface area contributed by atoms with Crippen molar-refractivity contribution in [1.82, 2.24) is 16.0 Å². The van der Waals surface area contributed by atoms with E-state index < -0.39 is 17.9 Å². The number of phenols is 1. The maximum Gasteiger partial charge on any atom is 0.330 e. The summed E-state index contributed by atoms with van der Waals surface area (Å²) < 4.78 is 4.78. The lowest BCUT2D eigenvalue weighted by Gasteiger charge is -2.19. The van der Waals surface area contributed by atoms with E-state index >= 15 is 0 Å². The minimum Gasteiger partial charge on any atom is -0.508 e. The SMILES string of the molecule is COC(=O)C(CNC(=O)c1cccs1)NC(=O)c1c(C)cc(C(=O)NCc2cccc(O)c2)cc1C. The topological polar surface area (TPSA) is 134 Å². The van der Waals surface area contributed by atoms with Gasteiger partial charge in [-0.1, -0.05) is 18.2 Å². The van der Waals surface area contributed by atoms with Gasteiger partial charge in [0.2, 0.25) is 0 Å². The molecule has 36 heavy (non-hydrogen) atoms. The van der Waals surface area contributed by atoms with Crippen LogP contribution in [0, 0.1) is 13.8 Å². The first-order chi connectivity index (χ1) is 17.2. The average molecular weight is 510 g/mol. The molecule has 0 saturated carbocycles. The van der Waals surface area contributed by atoms with Crippen LogP contribution in [0.4, 0.5) is 0 Å². The number of methoxy groups -OCH3 is 1. The highest BCUT2D eigenvalue weighted by atomic mass is 32.1. The van der Waals surface area contributed by atoms with Gasteiger partial charge in [-0.05, 0) is 66.2 Å². The number of nitrogens with one attached hydrogen (secondary N) is 3. The molecule has 4 N–H and O–H groups in total. The summed E-state index contributed by atoms with van der Waals surface area (Å²) in [5, 5.41) is 19.4. The molecule has 9 nitrogen and oxygen atoms in total. The average Bonchev–Trinajstić information content (AvgIpc) is 3.39. The van der Waals surface area contributed by atoms with E-state index in [9.17, 15) is 24.3 Å². The molecule has 3 rings (SSSR count). The number of carbonyl (C=O) groups excluding carboxylic acids is 4. The number of aryl methyl sites for hydroxylation is 2. The fourth-order valence-corrected chi connectivity index (χ4v) is 4.30. The lowest BCUT2D eigenvalue weighted by molar-refractivity contribution is -0.142. The molecule has 0 radical (unpaired) electrons. The molecule has 1 unspecified atom stereocenters. The van der Waals surface area contributed by atoms with Crippen molar-refractivity contribution in [2.45, 2.75) is 26.4 Å². The Morgan fingerprint density at radius 1 is 0.944 bits per heavy atom. The lowest BCUT2D eigenvalue weighted by atomic mass is 9.98. The van der Waals surface area contributed by atoms with Gasteiger partial charge in [-0.25, -0.2) is 4.79 Å². The van der Waals surface area contributed by atoms with Gasteiger partial charge in [-0.2, -0.15) is 0 Å². The molecule has 1 aromatic heterocycles. The second-order valence-electron chi connectivity index (χ2n) is 8.07. The van der Waals surface area contributed by atoms with Crippen LogP contribution in [-0.4, -0.2) is 48.5 Å². The summed E-state index contributed by atoms with van der Waals surface area (Å²) in [6, 6.07) is 12.0. The highest BCUT2D eigenvalue weighted by Crippen LogP contribution is 2.18. The van der Waals surface area contributed by atoms with Crippen molar-refractivity contribution < 1.29 is 29.0 Å². The quantitative estimate of drug-likeness (QED) is 0.328. The number of phenolic OH excluding ortho intramolecular Hbond substituents is 1. The maximum atomic E-state index is 13.1. The summed E-state index contributed by atoms with van der Waals surface area (Å²) >= 11 is 1.26. The van der Waals surface area contributed by atoms with Gasteiger partial charge >= 0.3 is 5.97 Å². The number of hydrogen-bond acceptors (Lipinski definition) is 7. The number of benzene rings is 2. The minimum atomic E-state index is -1.10. The van der Waals surface area contributed by atoms with Crippen LogP contribution in [0.3, 0.4) is 0 Å². The summed E-state index contributed by atoms with van der Waals surface area (Å²) in [5.74, 6) is -1.81. The summed E-state index contributed by atoms with van der Waals surface area (Å²) in [6.45, 7) is 3.47. The largest absolute Gasteiger partial charge is 0.508 e. The van der Waals surface area contributed by atoms with Crippen molar-refractivity contribution in [1.29, 1.82) is 0 Å². The molecule has 188 valence electrons. The fourth-order valence-electron chi connectivity index (χ4n) is 3.66. The Hall–Kier alpha value is -4.18. The number of amides is 3. The number of aromatic hydroxyl groups is 1. The van der Waals surface area contributed by atoms with Crippen molar-refractivity contribution in [3.05, 3.63) is 86.6 Å². The van der Waals surface area contributed by atoms with Gasteiger partial charge in [0, 0.05) is 24.2 Å². The molecule has 0 bridgehead atoms. The monoisotopic (exact) mass is 509 g/mol. The highest BCUT2D eigenvalue weighted by molar-refractivity contribution is 7.12. The van der Waals surface area contributed by atoms with Crippen molar-refractivity contribution in [3.8, 4) is 5.75 Å². The van der Waals surface area contributed by atoms with Crippen LogP contribution in [0.2, 0.25) is 0 Å². The first-order valence-corrected chi connectivity index (χ1v) is 11.9. The third-order valence-corrected chi connectivity index (χ3v) is 6.26. The van der Waals surface area contributed by atoms with E-state index in [-0.39, 0.29) is 30.7 Å². The number of esters is 1. The Morgan fingerprint density at radius 3 is 2.28 bits per heavy atom. The van der Waals surface area contributed by atoms with Crippen LogP contribution < -0.4 is 16.0 Å². The zero-order valence-electron chi connectivity index (χ0n) is 20.1. The summed E-state index contributed by atoms with van der Waals surface area (Å²) in [4.78, 5) is 50.7. The molecule has 2 aromatic carbocycles. The predicted octanol–water partition coefficient (Wildman–Crippen LogP) is 2.70. The molecule has 1 atom stereocenters. The second kappa shape index (κ2) is 12.0. The number of hydrogen-bond donors (Lipinski definition) is 4. The van der Waals surface area contributed by atoms with E-state index in [1.54, 1.807) is 67.8 Å². The number of rotatable bonds is 9. The zero-order chi connectivity index (χ0) is 26.2. The molecule has 0 aliphatic heterocycles. The Balaban J connectivity index is 1.69. The molecule has 1 heterocycles. The van der Waals surface area contributed by atoms with E-state index in [0.717, 1.165) is 5.56 Å². The molecular weight excluding hydrogens is 482 g/mol. The van der Waals surface area contributed by atoms with Crippen molar-refractivity contribution >= 4 is 35.0 Å². The van der Waals surface area contributed by atoms with Crippen LogP contribution in [0.1, 0.15) is 47.1 Å². The van der Waals surface area contributed by atoms with Gasteiger partial charge in [0.05, 0.1) is 12.0 Å². The van der Waals surface area contributed by atoms with Crippen LogP contribution in [0.25, 0.3) is 0 Å². The van der Waals surface area contributed by atoms with Crippen molar-refractivity contribution in [2.75, 3.05) is 13.7 Å². The molecule has 3 aromatic rings. The van der Waals surface area contributed by atoms with E-state index in [0.29, 0.717) is 27.1 Å². The Labute approximate surface area is 212 Å². The Bertz CT molecular complexity index is 1250. The molecule has 10 heteroatoms. The zero-order valence-corrected chi connectivity index (χ0v) is 20.9. The first-order valence-electron chi connectivity index (χ1n) is 11.1. The Kier molecular flexibility index (Phi) is 8.80. The maximum absolute atomic E-state index is 13.1. The number of ether oxygens (including phenoxy) is 1. The summed E-state index contributed by atoms with van der Waals surface area (Å²) in [6.07, 6.45) is 0. The third-order valence-electron chi connectivity index (χ3n) is 5.39. The molecule has 0 saturated heterocycles. The van der Waals surface area contributed by atoms with Gasteiger partial charge in [0.1, 0.15) is 11.8 Å². The van der Waals surface area contributed by atoms with Gasteiger partial charge in [0.15, 0.2) is 0 Å². The third kappa shape index (κ3) is 6.70. The predicted molar refractivity (Wildman–Crippen MR) is 135 cm³/mol. The minimum absolute atomic E-state index is 0.111. The van der Waals surface area contributed by atoms with Gasteiger partial charge in [-0.3, -0.25) is 14.4 Å². The summed E-state index contributed by atoms with van der Waals surface area (Å²) in [7, 11) is 1.20. The van der Waals surface area contributed by atoms with Crippen LogP contribution in [-0.2, 0) is 16.1 Å². The molecule has 0 spiro atoms. The lowest BCUT2D eigenvalue weighted by Crippen LogP contribution is -2.49. The van der Waals surface area contributed by atoms with E-state index in [4.69, 9.17) is 4.74 Å². The van der Waals surface area contributed by atoms with E-state index in [2.05, 4.69) is 16.0 Å².